The zero-order valence-corrected chi connectivity index (χ0v) is 14.7. The van der Waals surface area contributed by atoms with Crippen LogP contribution >= 0.6 is 11.6 Å². The summed E-state index contributed by atoms with van der Waals surface area (Å²) >= 11 is 5.39. The van der Waals surface area contributed by atoms with Crippen molar-refractivity contribution in [2.24, 2.45) is 0 Å². The van der Waals surface area contributed by atoms with Crippen molar-refractivity contribution in [3.63, 3.8) is 0 Å². The lowest BCUT2D eigenvalue weighted by Crippen LogP contribution is -2.38. The lowest BCUT2D eigenvalue weighted by molar-refractivity contribution is -0.250. The largest absolute Gasteiger partial charge is 0.353 e. The fourth-order valence-electron chi connectivity index (χ4n) is 1.64. The zero-order chi connectivity index (χ0) is 17.0. The molecule has 0 aromatic carbocycles. The summed E-state index contributed by atoms with van der Waals surface area (Å²) < 4.78 is 26.9. The van der Waals surface area contributed by atoms with Crippen LogP contribution in [0.4, 0.5) is 0 Å². The third-order valence-electron chi connectivity index (χ3n) is 2.45. The topological polar surface area (TPSA) is 75.2 Å². The lowest BCUT2D eigenvalue weighted by atomic mass is 10.5. The Morgan fingerprint density at radius 3 is 2.09 bits per heavy atom. The van der Waals surface area contributed by atoms with Gasteiger partial charge in [-0.2, -0.15) is 0 Å². The monoisotopic (exact) mass is 341 g/mol. The number of hydrogen-bond acceptors (Lipinski definition) is 6. The highest BCUT2D eigenvalue weighted by Gasteiger charge is 2.14. The number of ether oxygens (including phenoxy) is 5. The van der Waals surface area contributed by atoms with Gasteiger partial charge < -0.3 is 29.0 Å². The molecule has 0 spiro atoms. The van der Waals surface area contributed by atoms with Crippen LogP contribution in [0.3, 0.4) is 0 Å². The SMILES string of the molecule is CCOC(C)OCCOC(C)OC(C)OC(C)NC(=O)CCl. The second-order valence-corrected chi connectivity index (χ2v) is 4.78. The first-order valence-electron chi connectivity index (χ1n) is 7.40. The summed E-state index contributed by atoms with van der Waals surface area (Å²) in [5.41, 5.74) is 0. The van der Waals surface area contributed by atoms with Gasteiger partial charge in [0.25, 0.3) is 0 Å². The highest BCUT2D eigenvalue weighted by Crippen LogP contribution is 2.04. The summed E-state index contributed by atoms with van der Waals surface area (Å²) in [6.45, 7) is 10.3. The average molecular weight is 342 g/mol. The van der Waals surface area contributed by atoms with Gasteiger partial charge >= 0.3 is 0 Å². The summed E-state index contributed by atoms with van der Waals surface area (Å²) in [6.07, 6.45) is -1.75. The van der Waals surface area contributed by atoms with Crippen molar-refractivity contribution in [3.05, 3.63) is 0 Å². The van der Waals surface area contributed by atoms with Gasteiger partial charge in [0.15, 0.2) is 18.9 Å². The maximum atomic E-state index is 11.1. The molecule has 0 aliphatic rings. The van der Waals surface area contributed by atoms with Gasteiger partial charge in [0.2, 0.25) is 5.91 Å². The number of carbonyl (C=O) groups excluding carboxylic acids is 1. The van der Waals surface area contributed by atoms with Crippen molar-refractivity contribution in [1.82, 2.24) is 5.32 Å². The lowest BCUT2D eigenvalue weighted by Gasteiger charge is -2.23. The molecule has 4 atom stereocenters. The second-order valence-electron chi connectivity index (χ2n) is 4.52. The quantitative estimate of drug-likeness (QED) is 0.313. The van der Waals surface area contributed by atoms with Crippen LogP contribution in [0, 0.1) is 0 Å². The van der Waals surface area contributed by atoms with E-state index < -0.39 is 18.8 Å². The molecule has 0 bridgehead atoms. The fourth-order valence-corrected chi connectivity index (χ4v) is 1.72. The van der Waals surface area contributed by atoms with Gasteiger partial charge in [-0.05, 0) is 34.6 Å². The van der Waals surface area contributed by atoms with Gasteiger partial charge in [0.05, 0.1) is 13.2 Å². The fraction of sp³-hybridized carbons (Fsp3) is 0.929. The Labute approximate surface area is 137 Å². The minimum Gasteiger partial charge on any atom is -0.353 e. The second kappa shape index (κ2) is 13.0. The number of carbonyl (C=O) groups is 1. The Kier molecular flexibility index (Phi) is 12.8. The van der Waals surface area contributed by atoms with E-state index in [4.69, 9.17) is 35.3 Å². The molecule has 0 saturated carbocycles. The van der Waals surface area contributed by atoms with E-state index in [0.717, 1.165) is 0 Å². The van der Waals surface area contributed by atoms with Crippen LogP contribution < -0.4 is 5.32 Å². The molecule has 0 heterocycles. The van der Waals surface area contributed by atoms with Crippen LogP contribution in [-0.4, -0.2) is 56.7 Å². The number of nitrogens with one attached hydrogen (secondary N) is 1. The van der Waals surface area contributed by atoms with Crippen LogP contribution in [0.25, 0.3) is 0 Å². The maximum absolute atomic E-state index is 11.1. The van der Waals surface area contributed by atoms with Gasteiger partial charge in [0, 0.05) is 6.61 Å². The zero-order valence-electron chi connectivity index (χ0n) is 14.0. The molecule has 0 aliphatic heterocycles. The van der Waals surface area contributed by atoms with Gasteiger partial charge in [-0.1, -0.05) is 0 Å². The summed E-state index contributed by atoms with van der Waals surface area (Å²) in [5, 5.41) is 2.56. The van der Waals surface area contributed by atoms with E-state index in [1.807, 2.05) is 13.8 Å². The van der Waals surface area contributed by atoms with E-state index in [2.05, 4.69) is 5.32 Å². The average Bonchev–Trinajstić information content (AvgIpc) is 2.43. The number of hydrogen-bond donors (Lipinski definition) is 1. The maximum Gasteiger partial charge on any atom is 0.236 e. The number of rotatable bonds is 13. The molecule has 1 amide bonds. The molecule has 132 valence electrons. The van der Waals surface area contributed by atoms with Crippen LogP contribution in [0.15, 0.2) is 0 Å². The standard InChI is InChI=1S/C14H28ClNO6/c1-6-18-11(3)19-7-8-20-12(4)22-13(5)21-10(2)16-14(17)9-15/h10-13H,6-9H2,1-5H3,(H,16,17). The summed E-state index contributed by atoms with van der Waals surface area (Å²) in [4.78, 5) is 11.1. The minimum absolute atomic E-state index is 0.109. The Hall–Kier alpha value is -0.440. The van der Waals surface area contributed by atoms with Crippen molar-refractivity contribution in [2.45, 2.75) is 59.7 Å². The Balaban J connectivity index is 3.73. The van der Waals surface area contributed by atoms with Crippen molar-refractivity contribution in [2.75, 3.05) is 25.7 Å². The minimum atomic E-state index is -0.538. The predicted octanol–water partition coefficient (Wildman–Crippen LogP) is 1.83. The van der Waals surface area contributed by atoms with E-state index in [-0.39, 0.29) is 18.1 Å². The van der Waals surface area contributed by atoms with Crippen molar-refractivity contribution in [1.29, 1.82) is 0 Å². The third-order valence-corrected chi connectivity index (χ3v) is 2.70. The van der Waals surface area contributed by atoms with E-state index >= 15 is 0 Å². The van der Waals surface area contributed by atoms with Crippen LogP contribution in [0.2, 0.25) is 0 Å². The van der Waals surface area contributed by atoms with Crippen molar-refractivity contribution in [3.8, 4) is 0 Å². The summed E-state index contributed by atoms with van der Waals surface area (Å²) in [7, 11) is 0. The van der Waals surface area contributed by atoms with Gasteiger partial charge in [-0.3, -0.25) is 4.79 Å². The first-order valence-corrected chi connectivity index (χ1v) is 7.93. The molecule has 1 N–H and O–H groups in total. The highest BCUT2D eigenvalue weighted by atomic mass is 35.5. The molecule has 0 aromatic heterocycles. The molecule has 22 heavy (non-hydrogen) atoms. The summed E-state index contributed by atoms with van der Waals surface area (Å²) in [5.74, 6) is -0.408. The summed E-state index contributed by atoms with van der Waals surface area (Å²) in [6, 6.07) is 0. The molecule has 8 heteroatoms. The van der Waals surface area contributed by atoms with E-state index in [9.17, 15) is 4.79 Å². The molecule has 0 radical (unpaired) electrons. The first-order chi connectivity index (χ1) is 10.4. The molecule has 0 rings (SSSR count). The number of alkyl halides is 1. The molecule has 0 aliphatic carbocycles. The first kappa shape index (κ1) is 21.6. The number of amides is 1. The molecule has 0 aromatic rings. The molecule has 7 nitrogen and oxygen atoms in total. The third kappa shape index (κ3) is 12.1. The van der Waals surface area contributed by atoms with E-state index in [1.54, 1.807) is 20.8 Å². The van der Waals surface area contributed by atoms with Crippen LogP contribution in [0.1, 0.15) is 34.6 Å². The Morgan fingerprint density at radius 2 is 1.55 bits per heavy atom. The molecular weight excluding hydrogens is 314 g/mol. The predicted molar refractivity (Wildman–Crippen MR) is 82.4 cm³/mol. The normalized spacial score (nSPS) is 16.8. The van der Waals surface area contributed by atoms with E-state index in [1.165, 1.54) is 0 Å². The molecule has 0 saturated heterocycles. The van der Waals surface area contributed by atoms with Gasteiger partial charge in [-0.25, -0.2) is 0 Å². The van der Waals surface area contributed by atoms with Crippen LogP contribution in [-0.2, 0) is 28.5 Å². The van der Waals surface area contributed by atoms with Gasteiger partial charge in [-0.15, -0.1) is 11.6 Å². The number of halogens is 1. The Morgan fingerprint density at radius 1 is 0.955 bits per heavy atom. The van der Waals surface area contributed by atoms with Gasteiger partial charge in [0.1, 0.15) is 12.1 Å². The van der Waals surface area contributed by atoms with Crippen molar-refractivity contribution >= 4 is 17.5 Å². The van der Waals surface area contributed by atoms with E-state index in [0.29, 0.717) is 19.8 Å². The molecular formula is C14H28ClNO6. The molecule has 0 fully saturated rings. The van der Waals surface area contributed by atoms with Crippen molar-refractivity contribution < 1.29 is 28.5 Å². The highest BCUT2D eigenvalue weighted by molar-refractivity contribution is 6.27. The molecule has 4 unspecified atom stereocenters. The Bertz CT molecular complexity index is 295. The smallest absolute Gasteiger partial charge is 0.236 e. The van der Waals surface area contributed by atoms with Crippen LogP contribution in [0.5, 0.6) is 0 Å².